The Balaban J connectivity index is 1.51. The fourth-order valence-corrected chi connectivity index (χ4v) is 3.74. The highest BCUT2D eigenvalue weighted by Crippen LogP contribution is 2.23. The number of hydrogen-bond acceptors (Lipinski definition) is 4. The maximum absolute atomic E-state index is 13.8. The molecule has 8 heteroatoms. The predicted molar refractivity (Wildman–Crippen MR) is 101 cm³/mol. The Morgan fingerprint density at radius 2 is 1.89 bits per heavy atom. The molecule has 148 valence electrons. The number of piperidine rings is 1. The van der Waals surface area contributed by atoms with Crippen LogP contribution in [0.5, 0.6) is 0 Å². The summed E-state index contributed by atoms with van der Waals surface area (Å²) in [5, 5.41) is 2.97. The normalized spacial score (nSPS) is 20.3. The number of halogens is 2. The average molecular weight is 398 g/mol. The number of hydrogen-bond donors (Lipinski definition) is 1. The number of likely N-dealkylation sites (tertiary alicyclic amines) is 1. The third-order valence-electron chi connectivity index (χ3n) is 5.31. The molecule has 27 heavy (non-hydrogen) atoms. The van der Waals surface area contributed by atoms with Crippen LogP contribution in [0.1, 0.15) is 19.8 Å². The van der Waals surface area contributed by atoms with E-state index in [1.54, 1.807) is 6.92 Å². The summed E-state index contributed by atoms with van der Waals surface area (Å²) in [6, 6.07) is 3.65. The maximum atomic E-state index is 13.8. The van der Waals surface area contributed by atoms with Crippen molar-refractivity contribution in [3.63, 3.8) is 0 Å². The molecule has 2 fully saturated rings. The second kappa shape index (κ2) is 8.99. The third kappa shape index (κ3) is 4.97. The zero-order valence-electron chi connectivity index (χ0n) is 15.4. The molecule has 3 rings (SSSR count). The molecule has 1 N–H and O–H groups in total. The first kappa shape index (κ1) is 20.0. The average Bonchev–Trinajstić information content (AvgIpc) is 2.70. The molecule has 1 unspecified atom stereocenters. The van der Waals surface area contributed by atoms with Crippen LogP contribution in [-0.4, -0.2) is 67.0 Å². The van der Waals surface area contributed by atoms with Crippen LogP contribution < -0.4 is 5.32 Å². The molecule has 0 saturated carbocycles. The first-order chi connectivity index (χ1) is 13.0. The van der Waals surface area contributed by atoms with Crippen LogP contribution in [0.25, 0.3) is 0 Å². The Kier molecular flexibility index (Phi) is 6.68. The van der Waals surface area contributed by atoms with Crippen LogP contribution in [0.3, 0.4) is 0 Å². The molecule has 1 aromatic carbocycles. The number of nitrogens with one attached hydrogen (secondary N) is 1. The zero-order valence-corrected chi connectivity index (χ0v) is 16.2. The topological polar surface area (TPSA) is 61.9 Å². The van der Waals surface area contributed by atoms with Crippen molar-refractivity contribution in [1.29, 1.82) is 0 Å². The minimum Gasteiger partial charge on any atom is -0.378 e. The lowest BCUT2D eigenvalue weighted by atomic mass is 9.94. The monoisotopic (exact) mass is 397 g/mol. The summed E-state index contributed by atoms with van der Waals surface area (Å²) in [7, 11) is 0. The van der Waals surface area contributed by atoms with Crippen molar-refractivity contribution in [3.8, 4) is 0 Å². The quantitative estimate of drug-likeness (QED) is 0.847. The molecule has 1 atom stereocenters. The number of nitrogens with zero attached hydrogens (tertiary/aromatic N) is 2. The van der Waals surface area contributed by atoms with Gasteiger partial charge in [0.05, 0.1) is 24.9 Å². The van der Waals surface area contributed by atoms with Gasteiger partial charge in [0.25, 0.3) is 0 Å². The van der Waals surface area contributed by atoms with Gasteiger partial charge in [-0.05, 0) is 51.1 Å². The second-order valence-electron chi connectivity index (χ2n) is 7.04. The van der Waals surface area contributed by atoms with E-state index in [1.165, 1.54) is 18.2 Å². The number of morpholine rings is 1. The summed E-state index contributed by atoms with van der Waals surface area (Å²) in [4.78, 5) is 29.0. The largest absolute Gasteiger partial charge is 0.378 e. The molecule has 2 amide bonds. The number of carbonyl (C=O) groups is 2. The van der Waals surface area contributed by atoms with E-state index in [-0.39, 0.29) is 23.4 Å². The summed E-state index contributed by atoms with van der Waals surface area (Å²) in [5.41, 5.74) is 0.0803. The highest BCUT2D eigenvalue weighted by Gasteiger charge is 2.32. The van der Waals surface area contributed by atoms with Crippen molar-refractivity contribution in [2.75, 3.05) is 44.7 Å². The fourth-order valence-electron chi connectivity index (χ4n) is 3.57. The molecule has 2 aliphatic heterocycles. The minimum absolute atomic E-state index is 0.0000133. The van der Waals surface area contributed by atoms with E-state index in [9.17, 15) is 14.0 Å². The van der Waals surface area contributed by atoms with E-state index in [1.807, 2.05) is 9.80 Å². The van der Waals surface area contributed by atoms with Crippen molar-refractivity contribution in [1.82, 2.24) is 9.80 Å². The lowest BCUT2D eigenvalue weighted by molar-refractivity contribution is -0.141. The molecule has 2 heterocycles. The molecule has 0 radical (unpaired) electrons. The number of benzene rings is 1. The van der Waals surface area contributed by atoms with E-state index in [4.69, 9.17) is 16.3 Å². The summed E-state index contributed by atoms with van der Waals surface area (Å²) < 4.78 is 19.1. The zero-order chi connectivity index (χ0) is 19.4. The molecular formula is C19H25ClFN3O3. The number of ether oxygens (including phenoxy) is 1. The van der Waals surface area contributed by atoms with E-state index < -0.39 is 11.9 Å². The number of rotatable bonds is 4. The van der Waals surface area contributed by atoms with Crippen LogP contribution >= 0.6 is 11.6 Å². The van der Waals surface area contributed by atoms with Crippen molar-refractivity contribution in [2.45, 2.75) is 25.8 Å². The van der Waals surface area contributed by atoms with Crippen LogP contribution in [0, 0.1) is 11.7 Å². The smallest absolute Gasteiger partial charge is 0.241 e. The third-order valence-corrected chi connectivity index (χ3v) is 5.55. The summed E-state index contributed by atoms with van der Waals surface area (Å²) >= 11 is 5.87. The first-order valence-electron chi connectivity index (χ1n) is 9.32. The predicted octanol–water partition coefficient (Wildman–Crippen LogP) is 2.38. The van der Waals surface area contributed by atoms with Crippen molar-refractivity contribution < 1.29 is 18.7 Å². The highest BCUT2D eigenvalue weighted by molar-refractivity contribution is 6.30. The van der Waals surface area contributed by atoms with E-state index in [2.05, 4.69) is 5.32 Å². The molecule has 0 aromatic heterocycles. The Hall–Kier alpha value is -1.70. The number of amides is 2. The van der Waals surface area contributed by atoms with Gasteiger partial charge in [0.15, 0.2) is 0 Å². The van der Waals surface area contributed by atoms with Gasteiger partial charge in [-0.2, -0.15) is 0 Å². The molecule has 1 aromatic rings. The minimum atomic E-state index is -0.519. The first-order valence-corrected chi connectivity index (χ1v) is 9.70. The van der Waals surface area contributed by atoms with Gasteiger partial charge >= 0.3 is 0 Å². The lowest BCUT2D eigenvalue weighted by Gasteiger charge is -2.37. The molecule has 0 bridgehead atoms. The van der Waals surface area contributed by atoms with Crippen LogP contribution in [0.15, 0.2) is 18.2 Å². The molecule has 0 spiro atoms. The molecular weight excluding hydrogens is 373 g/mol. The van der Waals surface area contributed by atoms with Gasteiger partial charge in [-0.15, -0.1) is 0 Å². The summed E-state index contributed by atoms with van der Waals surface area (Å²) in [6.45, 7) is 5.62. The van der Waals surface area contributed by atoms with Crippen LogP contribution in [0.2, 0.25) is 5.02 Å². The van der Waals surface area contributed by atoms with Crippen LogP contribution in [-0.2, 0) is 14.3 Å². The Labute approximate surface area is 163 Å². The van der Waals surface area contributed by atoms with Crippen molar-refractivity contribution >= 4 is 29.1 Å². The van der Waals surface area contributed by atoms with Gasteiger partial charge in [0.2, 0.25) is 11.8 Å². The van der Waals surface area contributed by atoms with Gasteiger partial charge in [0, 0.05) is 24.0 Å². The summed E-state index contributed by atoms with van der Waals surface area (Å²) in [5.74, 6) is -0.611. The van der Waals surface area contributed by atoms with Crippen molar-refractivity contribution in [3.05, 3.63) is 29.0 Å². The maximum Gasteiger partial charge on any atom is 0.241 e. The second-order valence-corrected chi connectivity index (χ2v) is 7.47. The fraction of sp³-hybridized carbons (Fsp3) is 0.579. The Morgan fingerprint density at radius 3 is 2.56 bits per heavy atom. The summed E-state index contributed by atoms with van der Waals surface area (Å²) in [6.07, 6.45) is 1.44. The van der Waals surface area contributed by atoms with Gasteiger partial charge < -0.3 is 15.0 Å². The van der Waals surface area contributed by atoms with Gasteiger partial charge in [0.1, 0.15) is 5.82 Å². The number of carbonyl (C=O) groups excluding carboxylic acids is 2. The van der Waals surface area contributed by atoms with Gasteiger partial charge in [-0.3, -0.25) is 14.5 Å². The standard InChI is InChI=1S/C19H25ClFN3O3/c1-13(18(25)22-17-12-15(20)2-3-16(17)21)23-6-4-14(5-7-23)19(26)24-8-10-27-11-9-24/h2-3,12-14H,4-11H2,1H3,(H,22,25). The Bertz CT molecular complexity index is 689. The van der Waals surface area contributed by atoms with Crippen LogP contribution in [0.4, 0.5) is 10.1 Å². The highest BCUT2D eigenvalue weighted by atomic mass is 35.5. The SMILES string of the molecule is CC(C(=O)Nc1cc(Cl)ccc1F)N1CCC(C(=O)N2CCOCC2)CC1. The molecule has 6 nitrogen and oxygen atoms in total. The molecule has 2 aliphatic rings. The number of anilines is 1. The molecule has 2 saturated heterocycles. The lowest BCUT2D eigenvalue weighted by Crippen LogP contribution is -2.50. The van der Waals surface area contributed by atoms with E-state index in [0.29, 0.717) is 44.4 Å². The molecule has 0 aliphatic carbocycles. The van der Waals surface area contributed by atoms with Crippen molar-refractivity contribution in [2.24, 2.45) is 5.92 Å². The van der Waals surface area contributed by atoms with E-state index in [0.717, 1.165) is 12.8 Å². The Morgan fingerprint density at radius 1 is 1.22 bits per heavy atom. The van der Waals surface area contributed by atoms with Gasteiger partial charge in [-0.1, -0.05) is 11.6 Å². The van der Waals surface area contributed by atoms with Gasteiger partial charge in [-0.25, -0.2) is 4.39 Å². The van der Waals surface area contributed by atoms with E-state index >= 15 is 0 Å².